The van der Waals surface area contributed by atoms with E-state index in [-0.39, 0.29) is 22.8 Å². The number of hydrogen-bond donors (Lipinski definition) is 1. The van der Waals surface area contributed by atoms with Crippen molar-refractivity contribution in [2.45, 2.75) is 13.8 Å². The molecule has 0 bridgehead atoms. The fraction of sp³-hybridized carbons (Fsp3) is 0.154. The number of carbonyl (C=O) groups is 2. The first kappa shape index (κ1) is 12.9. The molecule has 2 rings (SSSR count). The van der Waals surface area contributed by atoms with Gasteiger partial charge in [-0.1, -0.05) is 5.16 Å². The van der Waals surface area contributed by atoms with Crippen LogP contribution in [-0.2, 0) is 0 Å². The Morgan fingerprint density at radius 3 is 2.47 bits per heavy atom. The number of nitrogens with zero attached hydrogens (tertiary/aromatic N) is 1. The molecule has 0 aliphatic rings. The Kier molecular flexibility index (Phi) is 3.41. The topological polar surface area (TPSA) is 72.2 Å². The van der Waals surface area contributed by atoms with Gasteiger partial charge in [0.1, 0.15) is 17.1 Å². The summed E-state index contributed by atoms with van der Waals surface area (Å²) in [5.74, 6) is -1.02. The molecule has 0 fully saturated rings. The maximum absolute atomic E-state index is 12.7. The Balaban J connectivity index is 2.27. The number of hydrogen-bond acceptors (Lipinski definition) is 4. The summed E-state index contributed by atoms with van der Waals surface area (Å²) in [5, 5.41) is 6.10. The molecule has 1 N–H and O–H groups in total. The lowest BCUT2D eigenvalue weighted by molar-refractivity contribution is 0.0981. The number of anilines is 1. The standard InChI is InChI=1S/C13H11FN2O3/c1-7(17)12-11(8(2)19-16-12)13(18)15-10-5-3-9(14)4-6-10/h3-6H,1-2H3,(H,15,18). The highest BCUT2D eigenvalue weighted by Gasteiger charge is 2.23. The highest BCUT2D eigenvalue weighted by atomic mass is 19.1. The lowest BCUT2D eigenvalue weighted by atomic mass is 10.1. The van der Waals surface area contributed by atoms with Crippen LogP contribution in [0.2, 0.25) is 0 Å². The summed E-state index contributed by atoms with van der Waals surface area (Å²) in [6.07, 6.45) is 0. The summed E-state index contributed by atoms with van der Waals surface area (Å²) in [6.45, 7) is 2.84. The molecule has 1 amide bonds. The van der Waals surface area contributed by atoms with Crippen molar-refractivity contribution in [1.82, 2.24) is 5.16 Å². The molecule has 1 aromatic heterocycles. The van der Waals surface area contributed by atoms with Gasteiger partial charge in [-0.05, 0) is 31.2 Å². The molecule has 1 aromatic carbocycles. The Bertz CT molecular complexity index is 632. The molecule has 5 nitrogen and oxygen atoms in total. The van der Waals surface area contributed by atoms with Gasteiger partial charge < -0.3 is 9.84 Å². The minimum absolute atomic E-state index is 0.0166. The van der Waals surface area contributed by atoms with Crippen molar-refractivity contribution in [3.05, 3.63) is 47.1 Å². The molecule has 19 heavy (non-hydrogen) atoms. The Morgan fingerprint density at radius 2 is 1.89 bits per heavy atom. The fourth-order valence-corrected chi connectivity index (χ4v) is 1.61. The Morgan fingerprint density at radius 1 is 1.26 bits per heavy atom. The average molecular weight is 262 g/mol. The van der Waals surface area contributed by atoms with Gasteiger partial charge in [0, 0.05) is 12.6 Å². The first-order valence-corrected chi connectivity index (χ1v) is 5.53. The predicted octanol–water partition coefficient (Wildman–Crippen LogP) is 2.58. The highest BCUT2D eigenvalue weighted by Crippen LogP contribution is 2.17. The van der Waals surface area contributed by atoms with Crippen molar-refractivity contribution in [2.24, 2.45) is 0 Å². The number of aromatic nitrogens is 1. The largest absolute Gasteiger partial charge is 0.360 e. The SMILES string of the molecule is CC(=O)c1noc(C)c1C(=O)Nc1ccc(F)cc1. The van der Waals surface area contributed by atoms with Crippen molar-refractivity contribution in [3.8, 4) is 0 Å². The van der Waals surface area contributed by atoms with Crippen molar-refractivity contribution >= 4 is 17.4 Å². The molecule has 0 saturated carbocycles. The van der Waals surface area contributed by atoms with Crippen LogP contribution in [0.5, 0.6) is 0 Å². The zero-order valence-corrected chi connectivity index (χ0v) is 10.4. The van der Waals surface area contributed by atoms with Crippen LogP contribution in [0.25, 0.3) is 0 Å². The summed E-state index contributed by atoms with van der Waals surface area (Å²) >= 11 is 0. The fourth-order valence-electron chi connectivity index (χ4n) is 1.61. The second kappa shape index (κ2) is 5.01. The summed E-state index contributed by atoms with van der Waals surface area (Å²) in [7, 11) is 0. The van der Waals surface area contributed by atoms with Gasteiger partial charge >= 0.3 is 0 Å². The van der Waals surface area contributed by atoms with Crippen LogP contribution in [0.1, 0.15) is 33.5 Å². The van der Waals surface area contributed by atoms with Crippen molar-refractivity contribution in [2.75, 3.05) is 5.32 Å². The lowest BCUT2D eigenvalue weighted by Crippen LogP contribution is -2.15. The van der Waals surface area contributed by atoms with Gasteiger partial charge in [-0.2, -0.15) is 0 Å². The van der Waals surface area contributed by atoms with Gasteiger partial charge in [0.15, 0.2) is 11.5 Å². The highest BCUT2D eigenvalue weighted by molar-refractivity contribution is 6.11. The third-order valence-corrected chi connectivity index (χ3v) is 2.53. The number of amides is 1. The van der Waals surface area contributed by atoms with Gasteiger partial charge in [-0.3, -0.25) is 9.59 Å². The van der Waals surface area contributed by atoms with E-state index in [1.807, 2.05) is 0 Å². The van der Waals surface area contributed by atoms with Crippen LogP contribution < -0.4 is 5.32 Å². The van der Waals surface area contributed by atoms with E-state index in [0.29, 0.717) is 5.69 Å². The average Bonchev–Trinajstić information content (AvgIpc) is 2.74. The van der Waals surface area contributed by atoms with Crippen LogP contribution in [0.15, 0.2) is 28.8 Å². The molecular weight excluding hydrogens is 251 g/mol. The number of halogens is 1. The second-order valence-electron chi connectivity index (χ2n) is 3.98. The first-order valence-electron chi connectivity index (χ1n) is 5.53. The third-order valence-electron chi connectivity index (χ3n) is 2.53. The van der Waals surface area contributed by atoms with Crippen LogP contribution in [0, 0.1) is 12.7 Å². The molecule has 0 aliphatic heterocycles. The Labute approximate surface area is 108 Å². The zero-order valence-electron chi connectivity index (χ0n) is 10.4. The van der Waals surface area contributed by atoms with Gasteiger partial charge in [-0.15, -0.1) is 0 Å². The van der Waals surface area contributed by atoms with E-state index >= 15 is 0 Å². The van der Waals surface area contributed by atoms with E-state index in [1.54, 1.807) is 6.92 Å². The number of carbonyl (C=O) groups excluding carboxylic acids is 2. The number of Topliss-reactive ketones (excluding diaryl/α,β-unsaturated/α-hetero) is 1. The van der Waals surface area contributed by atoms with Crippen molar-refractivity contribution in [3.63, 3.8) is 0 Å². The van der Waals surface area contributed by atoms with Crippen LogP contribution in [-0.4, -0.2) is 16.8 Å². The van der Waals surface area contributed by atoms with Gasteiger partial charge in [0.2, 0.25) is 0 Å². The number of aryl methyl sites for hydroxylation is 1. The number of rotatable bonds is 3. The minimum Gasteiger partial charge on any atom is -0.360 e. The van der Waals surface area contributed by atoms with Crippen LogP contribution >= 0.6 is 0 Å². The minimum atomic E-state index is -0.518. The molecule has 0 aliphatic carbocycles. The van der Waals surface area contributed by atoms with Crippen molar-refractivity contribution in [1.29, 1.82) is 0 Å². The first-order chi connectivity index (χ1) is 8.99. The number of nitrogens with one attached hydrogen (secondary N) is 1. The van der Waals surface area contributed by atoms with E-state index in [4.69, 9.17) is 4.52 Å². The van der Waals surface area contributed by atoms with Gasteiger partial charge in [0.05, 0.1) is 0 Å². The van der Waals surface area contributed by atoms with Crippen LogP contribution in [0.4, 0.5) is 10.1 Å². The number of benzene rings is 1. The second-order valence-corrected chi connectivity index (χ2v) is 3.98. The number of ketones is 1. The summed E-state index contributed by atoms with van der Waals surface area (Å²) in [4.78, 5) is 23.4. The molecular formula is C13H11FN2O3. The van der Waals surface area contributed by atoms with Crippen LogP contribution in [0.3, 0.4) is 0 Å². The Hall–Kier alpha value is -2.50. The molecule has 0 atom stereocenters. The third kappa shape index (κ3) is 2.67. The molecule has 6 heteroatoms. The molecule has 0 unspecified atom stereocenters. The van der Waals surface area contributed by atoms with E-state index in [1.165, 1.54) is 31.2 Å². The molecule has 0 radical (unpaired) electrons. The molecule has 1 heterocycles. The van der Waals surface area contributed by atoms with E-state index in [9.17, 15) is 14.0 Å². The maximum Gasteiger partial charge on any atom is 0.261 e. The monoisotopic (exact) mass is 262 g/mol. The van der Waals surface area contributed by atoms with Gasteiger partial charge in [-0.25, -0.2) is 4.39 Å². The van der Waals surface area contributed by atoms with Crippen molar-refractivity contribution < 1.29 is 18.5 Å². The maximum atomic E-state index is 12.7. The quantitative estimate of drug-likeness (QED) is 0.863. The molecule has 2 aromatic rings. The van der Waals surface area contributed by atoms with E-state index < -0.39 is 11.7 Å². The molecule has 98 valence electrons. The zero-order chi connectivity index (χ0) is 14.0. The summed E-state index contributed by atoms with van der Waals surface area (Å²) in [6, 6.07) is 5.29. The molecule has 0 saturated heterocycles. The van der Waals surface area contributed by atoms with E-state index in [0.717, 1.165) is 0 Å². The van der Waals surface area contributed by atoms with E-state index in [2.05, 4.69) is 10.5 Å². The summed E-state index contributed by atoms with van der Waals surface area (Å²) in [5.41, 5.74) is 0.496. The summed E-state index contributed by atoms with van der Waals surface area (Å²) < 4.78 is 17.6. The lowest BCUT2D eigenvalue weighted by Gasteiger charge is -2.04. The van der Waals surface area contributed by atoms with Gasteiger partial charge in [0.25, 0.3) is 5.91 Å². The smallest absolute Gasteiger partial charge is 0.261 e. The predicted molar refractivity (Wildman–Crippen MR) is 65.6 cm³/mol. The normalized spacial score (nSPS) is 10.3. The molecule has 0 spiro atoms.